The van der Waals surface area contributed by atoms with E-state index in [1.807, 2.05) is 0 Å². The van der Waals surface area contributed by atoms with E-state index in [9.17, 15) is 9.59 Å². The predicted octanol–water partition coefficient (Wildman–Crippen LogP) is 2.39. The van der Waals surface area contributed by atoms with E-state index in [1.165, 1.54) is 0 Å². The van der Waals surface area contributed by atoms with Crippen LogP contribution in [-0.2, 0) is 16.0 Å². The highest BCUT2D eigenvalue weighted by atomic mass is 16.5. The molecule has 1 aromatic rings. The summed E-state index contributed by atoms with van der Waals surface area (Å²) in [6.07, 6.45) is 2.62. The number of amides is 1. The Balaban J connectivity index is 1.81. The van der Waals surface area contributed by atoms with Crippen LogP contribution in [0.2, 0.25) is 0 Å². The lowest BCUT2D eigenvalue weighted by molar-refractivity contribution is -0.136. The van der Waals surface area contributed by atoms with E-state index in [0.717, 1.165) is 18.4 Å². The third-order valence-electron chi connectivity index (χ3n) is 3.89. The minimum Gasteiger partial charge on any atom is -0.481 e. The summed E-state index contributed by atoms with van der Waals surface area (Å²) < 4.78 is 5.84. The predicted molar refractivity (Wildman–Crippen MR) is 82.9 cm³/mol. The number of aliphatic carboxylic acids is 1. The SMILES string of the molecule is CC1(C)CCC(CNC(=O)c2ccc(CCC(=O)O)cc2)O1. The summed E-state index contributed by atoms with van der Waals surface area (Å²) in [5.41, 5.74) is 1.40. The Morgan fingerprint density at radius 3 is 2.55 bits per heavy atom. The lowest BCUT2D eigenvalue weighted by atomic mass is 10.1. The molecule has 0 spiro atoms. The number of rotatable bonds is 6. The quantitative estimate of drug-likeness (QED) is 0.846. The van der Waals surface area contributed by atoms with Crippen LogP contribution >= 0.6 is 0 Å². The van der Waals surface area contributed by atoms with Crippen LogP contribution in [0.3, 0.4) is 0 Å². The second-order valence-electron chi connectivity index (χ2n) is 6.34. The summed E-state index contributed by atoms with van der Waals surface area (Å²) in [7, 11) is 0. The Morgan fingerprint density at radius 1 is 1.32 bits per heavy atom. The Bertz CT molecular complexity index is 536. The second kappa shape index (κ2) is 6.92. The minimum atomic E-state index is -0.818. The van der Waals surface area contributed by atoms with Crippen molar-refractivity contribution in [2.24, 2.45) is 0 Å². The molecule has 0 radical (unpaired) electrons. The lowest BCUT2D eigenvalue weighted by Crippen LogP contribution is -2.33. The smallest absolute Gasteiger partial charge is 0.303 e. The molecular formula is C17H23NO4. The highest BCUT2D eigenvalue weighted by molar-refractivity contribution is 5.94. The van der Waals surface area contributed by atoms with Crippen LogP contribution in [0.25, 0.3) is 0 Å². The van der Waals surface area contributed by atoms with Gasteiger partial charge in [0.1, 0.15) is 0 Å². The fourth-order valence-corrected chi connectivity index (χ4v) is 2.60. The van der Waals surface area contributed by atoms with Crippen molar-refractivity contribution in [1.82, 2.24) is 5.32 Å². The number of benzene rings is 1. The van der Waals surface area contributed by atoms with Gasteiger partial charge >= 0.3 is 5.97 Å². The number of ether oxygens (including phenoxy) is 1. The fraction of sp³-hybridized carbons (Fsp3) is 0.529. The van der Waals surface area contributed by atoms with Crippen molar-refractivity contribution in [3.8, 4) is 0 Å². The van der Waals surface area contributed by atoms with Crippen molar-refractivity contribution in [2.45, 2.75) is 51.2 Å². The highest BCUT2D eigenvalue weighted by Crippen LogP contribution is 2.28. The number of hydrogen-bond donors (Lipinski definition) is 2. The normalized spacial score (nSPS) is 19.8. The molecule has 1 aromatic carbocycles. The average molecular weight is 305 g/mol. The molecule has 1 aliphatic heterocycles. The van der Waals surface area contributed by atoms with Crippen molar-refractivity contribution in [3.05, 3.63) is 35.4 Å². The van der Waals surface area contributed by atoms with Gasteiger partial charge in [0.2, 0.25) is 0 Å². The molecule has 2 rings (SSSR count). The minimum absolute atomic E-state index is 0.0776. The van der Waals surface area contributed by atoms with Gasteiger partial charge in [0.25, 0.3) is 5.91 Å². The molecule has 0 bridgehead atoms. The molecule has 0 saturated carbocycles. The lowest BCUT2D eigenvalue weighted by Gasteiger charge is -2.19. The van der Waals surface area contributed by atoms with Gasteiger partial charge in [-0.1, -0.05) is 12.1 Å². The van der Waals surface area contributed by atoms with Gasteiger partial charge in [-0.25, -0.2) is 0 Å². The van der Waals surface area contributed by atoms with Gasteiger partial charge < -0.3 is 15.2 Å². The molecule has 22 heavy (non-hydrogen) atoms. The van der Waals surface area contributed by atoms with E-state index in [0.29, 0.717) is 18.5 Å². The van der Waals surface area contributed by atoms with Crippen molar-refractivity contribution in [1.29, 1.82) is 0 Å². The second-order valence-corrected chi connectivity index (χ2v) is 6.34. The molecule has 0 aromatic heterocycles. The van der Waals surface area contributed by atoms with Crippen LogP contribution in [0.15, 0.2) is 24.3 Å². The standard InChI is InChI=1S/C17H23NO4/c1-17(2)10-9-14(22-17)11-18-16(21)13-6-3-12(4-7-13)5-8-15(19)20/h3-4,6-7,14H,5,8-11H2,1-2H3,(H,18,21)(H,19,20). The van der Waals surface area contributed by atoms with Crippen molar-refractivity contribution >= 4 is 11.9 Å². The van der Waals surface area contributed by atoms with E-state index in [2.05, 4.69) is 19.2 Å². The first-order valence-corrected chi connectivity index (χ1v) is 7.62. The van der Waals surface area contributed by atoms with Gasteiger partial charge in [0, 0.05) is 18.5 Å². The molecule has 1 amide bonds. The van der Waals surface area contributed by atoms with Gasteiger partial charge in [-0.2, -0.15) is 0 Å². The molecule has 1 heterocycles. The monoisotopic (exact) mass is 305 g/mol. The van der Waals surface area contributed by atoms with Gasteiger partial charge in [0.05, 0.1) is 11.7 Å². The van der Waals surface area contributed by atoms with E-state index >= 15 is 0 Å². The number of carbonyl (C=O) groups is 2. The maximum absolute atomic E-state index is 12.1. The summed E-state index contributed by atoms with van der Waals surface area (Å²) in [6.45, 7) is 4.64. The number of nitrogens with one attached hydrogen (secondary N) is 1. The number of carboxylic acids is 1. The number of hydrogen-bond acceptors (Lipinski definition) is 3. The van der Waals surface area contributed by atoms with Gasteiger partial charge in [-0.15, -0.1) is 0 Å². The van der Waals surface area contributed by atoms with Crippen LogP contribution < -0.4 is 5.32 Å². The first kappa shape index (κ1) is 16.5. The molecule has 1 fully saturated rings. The first-order chi connectivity index (χ1) is 10.4. The summed E-state index contributed by atoms with van der Waals surface area (Å²) in [4.78, 5) is 22.6. The van der Waals surface area contributed by atoms with Crippen molar-refractivity contribution < 1.29 is 19.4 Å². The van der Waals surface area contributed by atoms with Gasteiger partial charge in [-0.05, 0) is 50.8 Å². The topological polar surface area (TPSA) is 75.6 Å². The van der Waals surface area contributed by atoms with Crippen LogP contribution in [0, 0.1) is 0 Å². The maximum Gasteiger partial charge on any atom is 0.303 e. The number of carbonyl (C=O) groups excluding carboxylic acids is 1. The third-order valence-corrected chi connectivity index (χ3v) is 3.89. The summed E-state index contributed by atoms with van der Waals surface area (Å²) in [6, 6.07) is 7.05. The summed E-state index contributed by atoms with van der Waals surface area (Å²) in [5, 5.41) is 11.5. The number of aryl methyl sites for hydroxylation is 1. The zero-order valence-electron chi connectivity index (χ0n) is 13.1. The van der Waals surface area contributed by atoms with Crippen LogP contribution in [-0.4, -0.2) is 35.2 Å². The molecule has 5 nitrogen and oxygen atoms in total. The highest BCUT2D eigenvalue weighted by Gasteiger charge is 2.31. The Morgan fingerprint density at radius 2 is 2.00 bits per heavy atom. The fourth-order valence-electron chi connectivity index (χ4n) is 2.60. The molecule has 5 heteroatoms. The van der Waals surface area contributed by atoms with Crippen LogP contribution in [0.1, 0.15) is 49.0 Å². The van der Waals surface area contributed by atoms with Crippen LogP contribution in [0.4, 0.5) is 0 Å². The molecule has 1 saturated heterocycles. The van der Waals surface area contributed by atoms with Crippen molar-refractivity contribution in [2.75, 3.05) is 6.54 Å². The Kier molecular flexibility index (Phi) is 5.19. The molecule has 2 N–H and O–H groups in total. The third kappa shape index (κ3) is 4.84. The molecule has 120 valence electrons. The van der Waals surface area contributed by atoms with E-state index in [-0.39, 0.29) is 24.0 Å². The maximum atomic E-state index is 12.1. The summed E-state index contributed by atoms with van der Waals surface area (Å²) in [5.74, 6) is -0.945. The number of carboxylic acid groups (broad SMARTS) is 1. The zero-order chi connectivity index (χ0) is 16.2. The summed E-state index contributed by atoms with van der Waals surface area (Å²) >= 11 is 0. The Hall–Kier alpha value is -1.88. The van der Waals surface area contributed by atoms with Crippen molar-refractivity contribution in [3.63, 3.8) is 0 Å². The molecule has 1 aliphatic rings. The largest absolute Gasteiger partial charge is 0.481 e. The first-order valence-electron chi connectivity index (χ1n) is 7.62. The molecule has 1 unspecified atom stereocenters. The molecule has 1 atom stereocenters. The average Bonchev–Trinajstić information content (AvgIpc) is 2.82. The van der Waals surface area contributed by atoms with Gasteiger partial charge in [-0.3, -0.25) is 9.59 Å². The van der Waals surface area contributed by atoms with E-state index in [4.69, 9.17) is 9.84 Å². The van der Waals surface area contributed by atoms with Gasteiger partial charge in [0.15, 0.2) is 0 Å². The Labute approximate surface area is 130 Å². The molecule has 0 aliphatic carbocycles. The van der Waals surface area contributed by atoms with E-state index in [1.54, 1.807) is 24.3 Å². The van der Waals surface area contributed by atoms with Crippen LogP contribution in [0.5, 0.6) is 0 Å². The van der Waals surface area contributed by atoms with E-state index < -0.39 is 5.97 Å². The molecular weight excluding hydrogens is 282 g/mol. The zero-order valence-corrected chi connectivity index (χ0v) is 13.1.